The maximum atomic E-state index is 13.8. The normalized spacial score (nSPS) is 24.6. The number of likely N-dealkylation sites (tertiary alicyclic amines) is 1. The summed E-state index contributed by atoms with van der Waals surface area (Å²) in [4.78, 5) is 17.8. The second kappa shape index (κ2) is 11.2. The van der Waals surface area contributed by atoms with E-state index in [1.165, 1.54) is 25.3 Å². The monoisotopic (exact) mass is 542 g/mol. The van der Waals surface area contributed by atoms with Gasteiger partial charge in [0.1, 0.15) is 5.82 Å². The zero-order valence-corrected chi connectivity index (χ0v) is 21.9. The summed E-state index contributed by atoms with van der Waals surface area (Å²) in [5.74, 6) is -1.13. The molecule has 3 aliphatic rings. The number of benzene rings is 2. The fourth-order valence-electron chi connectivity index (χ4n) is 6.71. The number of anilines is 1. The number of urea groups is 1. The third-order valence-corrected chi connectivity index (χ3v) is 8.81. The van der Waals surface area contributed by atoms with Gasteiger partial charge in [0.25, 0.3) is 0 Å². The molecule has 3 atom stereocenters. The lowest BCUT2D eigenvalue weighted by Gasteiger charge is -2.31. The van der Waals surface area contributed by atoms with Gasteiger partial charge >= 0.3 is 12.2 Å². The number of piperidine rings is 1. The molecule has 5 nitrogen and oxygen atoms in total. The molecule has 0 unspecified atom stereocenters. The van der Waals surface area contributed by atoms with Crippen LogP contribution >= 0.6 is 0 Å². The minimum absolute atomic E-state index is 0.0479. The molecule has 1 N–H and O–H groups in total. The van der Waals surface area contributed by atoms with E-state index in [-0.39, 0.29) is 23.1 Å². The van der Waals surface area contributed by atoms with E-state index in [4.69, 9.17) is 0 Å². The lowest BCUT2D eigenvalue weighted by atomic mass is 9.92. The highest BCUT2D eigenvalue weighted by Gasteiger charge is 2.64. The zero-order chi connectivity index (χ0) is 27.6. The van der Waals surface area contributed by atoms with Crippen LogP contribution in [-0.4, -0.2) is 48.1 Å². The first-order chi connectivity index (χ1) is 18.7. The Morgan fingerprint density at radius 3 is 2.64 bits per heavy atom. The molecule has 5 rings (SSSR count). The van der Waals surface area contributed by atoms with Crippen LogP contribution in [0, 0.1) is 23.1 Å². The van der Waals surface area contributed by atoms with E-state index in [1.54, 1.807) is 11.0 Å². The molecule has 1 saturated heterocycles. The van der Waals surface area contributed by atoms with Crippen molar-refractivity contribution in [1.82, 2.24) is 9.80 Å². The SMILES string of the molecule is N#Cc1cccc([C@]23CC[C@@H](N(CCCCN4CCCCC4)C(=O)Nc4ccc(F)c(C(F)(F)F)c4)[C@H]2C3)c1. The molecule has 0 aromatic heterocycles. The highest BCUT2D eigenvalue weighted by molar-refractivity contribution is 5.89. The summed E-state index contributed by atoms with van der Waals surface area (Å²) in [5, 5.41) is 12.0. The van der Waals surface area contributed by atoms with Crippen molar-refractivity contribution >= 4 is 11.7 Å². The lowest BCUT2D eigenvalue weighted by Crippen LogP contribution is -2.44. The molecule has 2 aliphatic carbocycles. The van der Waals surface area contributed by atoms with Crippen molar-refractivity contribution in [2.24, 2.45) is 5.92 Å². The molecule has 39 heavy (non-hydrogen) atoms. The summed E-state index contributed by atoms with van der Waals surface area (Å²) in [7, 11) is 0. The van der Waals surface area contributed by atoms with Gasteiger partial charge in [-0.15, -0.1) is 0 Å². The summed E-state index contributed by atoms with van der Waals surface area (Å²) in [6.07, 6.45) is 3.17. The number of unbranched alkanes of at least 4 members (excludes halogenated alkanes) is 1. The predicted octanol–water partition coefficient (Wildman–Crippen LogP) is 6.94. The first-order valence-electron chi connectivity index (χ1n) is 13.9. The highest BCUT2D eigenvalue weighted by Crippen LogP contribution is 2.65. The van der Waals surface area contributed by atoms with Crippen LogP contribution in [0.1, 0.15) is 68.1 Å². The van der Waals surface area contributed by atoms with Crippen LogP contribution in [0.4, 0.5) is 28.0 Å². The van der Waals surface area contributed by atoms with Crippen molar-refractivity contribution in [1.29, 1.82) is 5.26 Å². The summed E-state index contributed by atoms with van der Waals surface area (Å²) < 4.78 is 53.6. The predicted molar refractivity (Wildman–Crippen MR) is 141 cm³/mol. The van der Waals surface area contributed by atoms with Gasteiger partial charge in [-0.2, -0.15) is 18.4 Å². The molecule has 1 heterocycles. The number of nitriles is 1. The zero-order valence-electron chi connectivity index (χ0n) is 21.9. The third-order valence-electron chi connectivity index (χ3n) is 8.81. The smallest absolute Gasteiger partial charge is 0.321 e. The van der Waals surface area contributed by atoms with Gasteiger partial charge in [0.05, 0.1) is 17.2 Å². The van der Waals surface area contributed by atoms with E-state index in [9.17, 15) is 27.6 Å². The molecule has 2 aromatic rings. The second-order valence-electron chi connectivity index (χ2n) is 11.2. The van der Waals surface area contributed by atoms with Crippen molar-refractivity contribution in [3.05, 3.63) is 65.0 Å². The number of fused-ring (bicyclic) bond motifs is 1. The maximum Gasteiger partial charge on any atom is 0.419 e. The topological polar surface area (TPSA) is 59.4 Å². The van der Waals surface area contributed by atoms with Crippen LogP contribution in [0.2, 0.25) is 0 Å². The van der Waals surface area contributed by atoms with Gasteiger partial charge in [-0.3, -0.25) is 0 Å². The molecular weight excluding hydrogens is 508 g/mol. The van der Waals surface area contributed by atoms with Gasteiger partial charge in [0.2, 0.25) is 0 Å². The van der Waals surface area contributed by atoms with Crippen molar-refractivity contribution in [2.45, 2.75) is 69.0 Å². The number of alkyl halides is 3. The summed E-state index contributed by atoms with van der Waals surface area (Å²) in [6.45, 7) is 3.68. The number of rotatable bonds is 8. The van der Waals surface area contributed by atoms with E-state index in [0.717, 1.165) is 63.4 Å². The molecule has 0 bridgehead atoms. The van der Waals surface area contributed by atoms with Gasteiger partial charge in [0, 0.05) is 23.7 Å². The molecule has 208 valence electrons. The van der Waals surface area contributed by atoms with Crippen molar-refractivity contribution < 1.29 is 22.4 Å². The highest BCUT2D eigenvalue weighted by atomic mass is 19.4. The first-order valence-corrected chi connectivity index (χ1v) is 13.9. The molecular formula is C30H34F4N4O. The minimum Gasteiger partial charge on any atom is -0.321 e. The number of carbonyl (C=O) groups is 1. The summed E-state index contributed by atoms with van der Waals surface area (Å²) >= 11 is 0. The van der Waals surface area contributed by atoms with Crippen LogP contribution in [-0.2, 0) is 11.6 Å². The van der Waals surface area contributed by atoms with Crippen molar-refractivity contribution in [3.8, 4) is 6.07 Å². The lowest BCUT2D eigenvalue weighted by molar-refractivity contribution is -0.139. The van der Waals surface area contributed by atoms with Crippen LogP contribution < -0.4 is 5.32 Å². The standard InChI is InChI=1S/C30H34F4N4O/c31-26-10-9-23(18-24(26)30(32,33)34)36-28(39)38(16-5-4-15-37-13-2-1-3-14-37)27-11-12-29(19-25(27)29)22-8-6-7-21(17-22)20-35/h6-10,17-18,25,27H,1-5,11-16,19H2,(H,36,39)/t25-,27-,29-/m1/s1. The largest absolute Gasteiger partial charge is 0.419 e. The Bertz CT molecular complexity index is 1240. The van der Waals surface area contributed by atoms with Gasteiger partial charge < -0.3 is 15.1 Å². The van der Waals surface area contributed by atoms with Crippen LogP contribution in [0.3, 0.4) is 0 Å². The first kappa shape index (κ1) is 27.4. The number of halogens is 4. The summed E-state index contributed by atoms with van der Waals surface area (Å²) in [6, 6.07) is 11.9. The van der Waals surface area contributed by atoms with Crippen molar-refractivity contribution in [3.63, 3.8) is 0 Å². The van der Waals surface area contributed by atoms with Gasteiger partial charge in [0.15, 0.2) is 0 Å². The average Bonchev–Trinajstić information content (AvgIpc) is 3.56. The maximum absolute atomic E-state index is 13.8. The Hall–Kier alpha value is -3.12. The Kier molecular flexibility index (Phi) is 7.86. The van der Waals surface area contributed by atoms with E-state index >= 15 is 0 Å². The number of carbonyl (C=O) groups excluding carboxylic acids is 1. The van der Waals surface area contributed by atoms with E-state index in [0.29, 0.717) is 18.2 Å². The van der Waals surface area contributed by atoms with Crippen LogP contribution in [0.5, 0.6) is 0 Å². The molecule has 2 aromatic carbocycles. The van der Waals surface area contributed by atoms with Crippen LogP contribution in [0.25, 0.3) is 0 Å². The molecule has 0 radical (unpaired) electrons. The Morgan fingerprint density at radius 2 is 1.92 bits per heavy atom. The van der Waals surface area contributed by atoms with Crippen LogP contribution in [0.15, 0.2) is 42.5 Å². The molecule has 1 aliphatic heterocycles. The number of hydrogen-bond donors (Lipinski definition) is 1. The number of amides is 2. The fourth-order valence-corrected chi connectivity index (χ4v) is 6.71. The number of hydrogen-bond acceptors (Lipinski definition) is 3. The Morgan fingerprint density at radius 1 is 1.13 bits per heavy atom. The summed E-state index contributed by atoms with van der Waals surface area (Å²) in [5.41, 5.74) is 0.193. The molecule has 3 fully saturated rings. The number of nitrogens with one attached hydrogen (secondary N) is 1. The van der Waals surface area contributed by atoms with E-state index in [1.807, 2.05) is 18.2 Å². The Labute approximate surface area is 226 Å². The average molecular weight is 543 g/mol. The Balaban J connectivity index is 1.31. The van der Waals surface area contributed by atoms with E-state index in [2.05, 4.69) is 16.3 Å². The van der Waals surface area contributed by atoms with E-state index < -0.39 is 23.6 Å². The van der Waals surface area contributed by atoms with Gasteiger partial charge in [-0.1, -0.05) is 18.6 Å². The number of nitrogens with zero attached hydrogens (tertiary/aromatic N) is 3. The van der Waals surface area contributed by atoms with Crippen molar-refractivity contribution in [2.75, 3.05) is 31.5 Å². The van der Waals surface area contributed by atoms with Gasteiger partial charge in [-0.05, 0) is 106 Å². The second-order valence-corrected chi connectivity index (χ2v) is 11.2. The molecule has 2 amide bonds. The fraction of sp³-hybridized carbons (Fsp3) is 0.533. The quantitative estimate of drug-likeness (QED) is 0.291. The molecule has 0 spiro atoms. The third kappa shape index (κ3) is 5.91. The molecule has 9 heteroatoms. The molecule has 2 saturated carbocycles. The minimum atomic E-state index is -4.85. The van der Waals surface area contributed by atoms with Gasteiger partial charge in [-0.25, -0.2) is 9.18 Å².